The summed E-state index contributed by atoms with van der Waals surface area (Å²) in [5, 5.41) is 19.9. The van der Waals surface area contributed by atoms with Crippen molar-refractivity contribution in [3.8, 4) is 0 Å². The van der Waals surface area contributed by atoms with Gasteiger partial charge < -0.3 is 20.7 Å². The van der Waals surface area contributed by atoms with Crippen molar-refractivity contribution in [2.24, 2.45) is 0 Å². The van der Waals surface area contributed by atoms with E-state index in [9.17, 15) is 15.0 Å². The molecule has 4 atom stereocenters. The van der Waals surface area contributed by atoms with E-state index in [2.05, 4.69) is 22.6 Å². The van der Waals surface area contributed by atoms with Gasteiger partial charge in [0.05, 0.1) is 6.10 Å². The average molecular weight is 299 g/mol. The van der Waals surface area contributed by atoms with E-state index in [0.29, 0.717) is 0 Å². The number of rotatable bonds is 2. The van der Waals surface area contributed by atoms with Gasteiger partial charge in [-0.05, 0) is 0 Å². The Hall–Kier alpha value is -1.62. The van der Waals surface area contributed by atoms with Crippen LogP contribution >= 0.6 is 12.6 Å². The van der Waals surface area contributed by atoms with Crippen LogP contribution in [0.4, 0.5) is 5.95 Å². The summed E-state index contributed by atoms with van der Waals surface area (Å²) in [5.74, 6) is 0.262. The van der Waals surface area contributed by atoms with Gasteiger partial charge in [-0.2, -0.15) is 22.6 Å². The molecule has 10 heteroatoms. The maximum Gasteiger partial charge on any atom is 0.357 e. The molecule has 1 saturated heterocycles. The highest BCUT2D eigenvalue weighted by Crippen LogP contribution is 2.30. The number of aromatic nitrogens is 4. The number of nitrogen functional groups attached to an aromatic ring is 1. The summed E-state index contributed by atoms with van der Waals surface area (Å²) in [6.45, 7) is 0. The molecule has 4 unspecified atom stereocenters. The van der Waals surface area contributed by atoms with Crippen LogP contribution in [0.15, 0.2) is 17.2 Å². The maximum atomic E-state index is 11.6. The topological polar surface area (TPSA) is 128 Å². The second kappa shape index (κ2) is 4.74. The van der Waals surface area contributed by atoms with Gasteiger partial charge in [0.1, 0.15) is 12.2 Å². The number of imidazole rings is 1. The van der Waals surface area contributed by atoms with Crippen molar-refractivity contribution in [2.45, 2.75) is 24.5 Å². The van der Waals surface area contributed by atoms with E-state index in [-0.39, 0.29) is 17.5 Å². The number of anilines is 1. The van der Waals surface area contributed by atoms with E-state index >= 15 is 0 Å². The summed E-state index contributed by atoms with van der Waals surface area (Å²) in [6.07, 6.45) is -0.756. The second-order valence-electron chi connectivity index (χ2n) is 4.47. The molecule has 0 radical (unpaired) electrons. The smallest absolute Gasteiger partial charge is 0.357 e. The first-order valence-corrected chi connectivity index (χ1v) is 6.51. The monoisotopic (exact) mass is 299 g/mol. The van der Waals surface area contributed by atoms with Crippen LogP contribution < -0.4 is 11.4 Å². The zero-order valence-corrected chi connectivity index (χ0v) is 11.1. The van der Waals surface area contributed by atoms with E-state index in [1.807, 2.05) is 0 Å². The van der Waals surface area contributed by atoms with E-state index in [1.54, 1.807) is 0 Å². The average Bonchev–Trinajstić information content (AvgIpc) is 2.93. The summed E-state index contributed by atoms with van der Waals surface area (Å²) in [5.41, 5.74) is 4.87. The number of thiol groups is 1. The van der Waals surface area contributed by atoms with Crippen LogP contribution in [-0.2, 0) is 4.74 Å². The van der Waals surface area contributed by atoms with Gasteiger partial charge in [-0.25, -0.2) is 9.20 Å². The summed E-state index contributed by atoms with van der Waals surface area (Å²) < 4.78 is 8.14. The third kappa shape index (κ3) is 1.88. The molecule has 0 spiro atoms. The molecule has 0 amide bonds. The van der Waals surface area contributed by atoms with Gasteiger partial charge >= 0.3 is 5.69 Å². The van der Waals surface area contributed by atoms with Gasteiger partial charge in [-0.3, -0.25) is 4.57 Å². The number of nitrogens with two attached hydrogens (primary N) is 1. The first-order valence-electron chi connectivity index (χ1n) is 5.88. The predicted octanol–water partition coefficient (Wildman–Crippen LogP) is -1.98. The Morgan fingerprint density at radius 3 is 2.75 bits per heavy atom. The Morgan fingerprint density at radius 2 is 2.10 bits per heavy atom. The van der Waals surface area contributed by atoms with Gasteiger partial charge in [0, 0.05) is 18.1 Å². The molecule has 0 aliphatic carbocycles. The molecule has 9 nitrogen and oxygen atoms in total. The summed E-state index contributed by atoms with van der Waals surface area (Å²) in [4.78, 5) is 19.1. The molecule has 20 heavy (non-hydrogen) atoms. The normalized spacial score (nSPS) is 30.1. The number of hydrogen-bond donors (Lipinski definition) is 4. The number of nitrogens with zero attached hydrogens (tertiary/aromatic N) is 4. The molecular weight excluding hydrogens is 286 g/mol. The Morgan fingerprint density at radius 1 is 1.35 bits per heavy atom. The summed E-state index contributed by atoms with van der Waals surface area (Å²) >= 11 is 4.05. The third-order valence-corrected chi connectivity index (χ3v) is 3.60. The number of ether oxygens (including phenoxy) is 1. The number of aliphatic hydroxyl groups is 2. The molecule has 1 aliphatic heterocycles. The summed E-state index contributed by atoms with van der Waals surface area (Å²) in [7, 11) is 0. The van der Waals surface area contributed by atoms with Crippen LogP contribution in [0, 0.1) is 0 Å². The fourth-order valence-corrected chi connectivity index (χ4v) is 2.55. The van der Waals surface area contributed by atoms with Crippen molar-refractivity contribution < 1.29 is 14.9 Å². The first kappa shape index (κ1) is 13.4. The lowest BCUT2D eigenvalue weighted by molar-refractivity contribution is -0.0287. The van der Waals surface area contributed by atoms with Crippen LogP contribution in [0.3, 0.4) is 0 Å². The molecule has 3 rings (SSSR count). The molecular formula is C10H13N5O4S. The molecule has 1 fully saturated rings. The first-order chi connectivity index (χ1) is 9.52. The van der Waals surface area contributed by atoms with Crippen molar-refractivity contribution in [1.29, 1.82) is 0 Å². The number of fused-ring (bicyclic) bond motifs is 1. The highest BCUT2D eigenvalue weighted by atomic mass is 32.1. The van der Waals surface area contributed by atoms with E-state index in [0.717, 1.165) is 0 Å². The van der Waals surface area contributed by atoms with E-state index < -0.39 is 30.2 Å². The van der Waals surface area contributed by atoms with Crippen LogP contribution in [0.1, 0.15) is 6.23 Å². The quantitative estimate of drug-likeness (QED) is 0.473. The van der Waals surface area contributed by atoms with E-state index in [4.69, 9.17) is 10.5 Å². The predicted molar refractivity (Wildman–Crippen MR) is 71.4 cm³/mol. The Kier molecular flexibility index (Phi) is 3.17. The lowest BCUT2D eigenvalue weighted by Gasteiger charge is -2.16. The molecule has 2 aromatic heterocycles. The van der Waals surface area contributed by atoms with Crippen molar-refractivity contribution in [2.75, 3.05) is 11.5 Å². The molecule has 108 valence electrons. The maximum absolute atomic E-state index is 11.6. The fourth-order valence-electron chi connectivity index (χ4n) is 2.24. The number of aliphatic hydroxyl groups excluding tert-OH is 2. The van der Waals surface area contributed by atoms with Crippen molar-refractivity contribution in [1.82, 2.24) is 18.9 Å². The zero-order chi connectivity index (χ0) is 14.4. The Bertz CT molecular complexity index is 701. The SMILES string of the molecule is Nc1nc(=O)n2ccn(C3OC(CS)C(O)C3O)c2n1. The Labute approximate surface area is 118 Å². The molecule has 0 aromatic carbocycles. The second-order valence-corrected chi connectivity index (χ2v) is 4.83. The van der Waals surface area contributed by atoms with Crippen molar-refractivity contribution in [3.05, 3.63) is 22.9 Å². The largest absolute Gasteiger partial charge is 0.387 e. The molecule has 2 aromatic rings. The summed E-state index contributed by atoms with van der Waals surface area (Å²) in [6, 6.07) is 0. The van der Waals surface area contributed by atoms with Crippen LogP contribution in [0.5, 0.6) is 0 Å². The van der Waals surface area contributed by atoms with Gasteiger partial charge in [-0.1, -0.05) is 0 Å². The number of hydrogen-bond acceptors (Lipinski definition) is 8. The van der Waals surface area contributed by atoms with Gasteiger partial charge in [0.15, 0.2) is 6.23 Å². The lowest BCUT2D eigenvalue weighted by Crippen LogP contribution is -2.32. The zero-order valence-electron chi connectivity index (χ0n) is 10.2. The minimum Gasteiger partial charge on any atom is -0.387 e. The van der Waals surface area contributed by atoms with Gasteiger partial charge in [-0.15, -0.1) is 0 Å². The van der Waals surface area contributed by atoms with Crippen LogP contribution in [0.2, 0.25) is 0 Å². The van der Waals surface area contributed by atoms with Crippen LogP contribution in [0.25, 0.3) is 5.78 Å². The van der Waals surface area contributed by atoms with Crippen LogP contribution in [-0.4, -0.2) is 53.2 Å². The van der Waals surface area contributed by atoms with Crippen molar-refractivity contribution in [3.63, 3.8) is 0 Å². The third-order valence-electron chi connectivity index (χ3n) is 3.24. The Balaban J connectivity index is 2.09. The molecule has 0 saturated carbocycles. The highest BCUT2D eigenvalue weighted by Gasteiger charge is 2.43. The standard InChI is InChI=1S/C10H13N5O4S/c11-8-12-9-14(1-2-15(9)10(18)13-8)7-6(17)5(16)4(3-20)19-7/h1-2,4-7,16-17,20H,3H2,(H2,11,13,18). The van der Waals surface area contributed by atoms with Crippen molar-refractivity contribution >= 4 is 24.4 Å². The molecule has 1 aliphatic rings. The van der Waals surface area contributed by atoms with E-state index in [1.165, 1.54) is 21.4 Å². The molecule has 0 bridgehead atoms. The van der Waals surface area contributed by atoms with Gasteiger partial charge in [0.2, 0.25) is 11.7 Å². The molecule has 4 N–H and O–H groups in total. The van der Waals surface area contributed by atoms with Gasteiger partial charge in [0.25, 0.3) is 0 Å². The minimum absolute atomic E-state index is 0.172. The molecule has 3 heterocycles. The fraction of sp³-hybridized carbons (Fsp3) is 0.500. The highest BCUT2D eigenvalue weighted by molar-refractivity contribution is 7.80. The minimum atomic E-state index is -1.16. The lowest BCUT2D eigenvalue weighted by atomic mass is 10.1.